The van der Waals surface area contributed by atoms with Crippen LogP contribution < -0.4 is 36.4 Å². The number of anilines is 7. The zero-order valence-electron chi connectivity index (χ0n) is 43.7. The first-order chi connectivity index (χ1) is 38.8. The van der Waals surface area contributed by atoms with Gasteiger partial charge in [-0.15, -0.1) is 0 Å². The molecule has 0 radical (unpaired) electrons. The van der Waals surface area contributed by atoms with Crippen molar-refractivity contribution in [2.45, 2.75) is 32.1 Å². The molecule has 2 aromatic heterocycles. The number of urea groups is 2. The minimum absolute atomic E-state index is 0.0144. The Morgan fingerprint density at radius 2 is 1.01 bits per heavy atom. The molecule has 0 fully saturated rings. The number of hydrogen-bond donors (Lipinski definition) is 5. The lowest BCUT2D eigenvalue weighted by Crippen LogP contribution is -2.43. The first-order valence-corrected chi connectivity index (χ1v) is 26.3. The Morgan fingerprint density at radius 3 is 1.43 bits per heavy atom. The fourth-order valence-corrected chi connectivity index (χ4v) is 9.11. The fraction of sp³-hybridized carbons (Fsp3) is 0.158. The molecule has 6 aromatic carbocycles. The van der Waals surface area contributed by atoms with Gasteiger partial charge >= 0.3 is 12.1 Å². The van der Waals surface area contributed by atoms with Crippen LogP contribution in [0.25, 0.3) is 22.5 Å². The molecule has 24 heteroatoms. The van der Waals surface area contributed by atoms with Gasteiger partial charge in [0.2, 0.25) is 11.1 Å². The third-order valence-electron chi connectivity index (χ3n) is 12.7. The molecule has 10 rings (SSSR count). The number of carbonyl (C=O) groups is 4. The highest BCUT2D eigenvalue weighted by Crippen LogP contribution is 2.41. The number of benzene rings is 6. The molecule has 414 valence electrons. The highest BCUT2D eigenvalue weighted by atomic mass is 32.2. The van der Waals surface area contributed by atoms with E-state index in [2.05, 4.69) is 41.5 Å². The summed E-state index contributed by atoms with van der Waals surface area (Å²) in [6, 6.07) is 25.5. The summed E-state index contributed by atoms with van der Waals surface area (Å²) in [4.78, 5) is 73.5. The molecule has 0 bridgehead atoms. The van der Waals surface area contributed by atoms with E-state index in [4.69, 9.17) is 4.98 Å². The van der Waals surface area contributed by atoms with E-state index in [0.717, 1.165) is 39.6 Å². The van der Waals surface area contributed by atoms with Crippen LogP contribution in [0.5, 0.6) is 0 Å². The smallest absolute Gasteiger partial charge is 0.328 e. The molecule has 81 heavy (non-hydrogen) atoms. The Bertz CT molecular complexity index is 3780. The summed E-state index contributed by atoms with van der Waals surface area (Å²) in [7, 11) is 2.07. The second kappa shape index (κ2) is 23.8. The van der Waals surface area contributed by atoms with Crippen LogP contribution in [0, 0.1) is 48.8 Å². The molecule has 8 aromatic rings. The van der Waals surface area contributed by atoms with E-state index in [-0.39, 0.29) is 47.1 Å². The van der Waals surface area contributed by atoms with Crippen molar-refractivity contribution in [3.8, 4) is 22.5 Å². The molecule has 5 N–H and O–H groups in total. The van der Waals surface area contributed by atoms with Gasteiger partial charge in [-0.1, -0.05) is 24.3 Å². The van der Waals surface area contributed by atoms with Crippen molar-refractivity contribution >= 4 is 75.0 Å². The normalized spacial score (nSPS) is 13.0. The van der Waals surface area contributed by atoms with Gasteiger partial charge in [0.15, 0.2) is 11.6 Å². The Hall–Kier alpha value is -9.55. The van der Waals surface area contributed by atoms with E-state index in [1.54, 1.807) is 43.3 Å². The van der Waals surface area contributed by atoms with Gasteiger partial charge in [-0.05, 0) is 136 Å². The van der Waals surface area contributed by atoms with E-state index in [1.807, 2.05) is 25.9 Å². The van der Waals surface area contributed by atoms with Crippen LogP contribution in [0.4, 0.5) is 76.3 Å². The number of halogens is 6. The van der Waals surface area contributed by atoms with Gasteiger partial charge in [0, 0.05) is 64.1 Å². The lowest BCUT2D eigenvalue weighted by Gasteiger charge is -2.31. The third-order valence-corrected chi connectivity index (χ3v) is 13.4. The average Bonchev–Trinajstić information content (AvgIpc) is 3.63. The van der Waals surface area contributed by atoms with Crippen molar-refractivity contribution in [3.05, 3.63) is 190 Å². The number of aryl methyl sites for hydroxylation is 2. The quantitative estimate of drug-likeness (QED) is 0.0542. The van der Waals surface area contributed by atoms with E-state index < -0.39 is 81.0 Å². The minimum Gasteiger partial charge on any atom is -0.353 e. The van der Waals surface area contributed by atoms with Crippen LogP contribution in [0.15, 0.2) is 126 Å². The summed E-state index contributed by atoms with van der Waals surface area (Å²) < 4.78 is 98.4. The van der Waals surface area contributed by atoms with Crippen molar-refractivity contribution in [2.24, 2.45) is 0 Å². The second-order valence-electron chi connectivity index (χ2n) is 18.6. The highest BCUT2D eigenvalue weighted by molar-refractivity contribution is 7.84. The molecule has 2 aliphatic rings. The first kappa shape index (κ1) is 56.2. The van der Waals surface area contributed by atoms with Crippen LogP contribution in [0.3, 0.4) is 0 Å². The number of carbonyl (C=O) groups excluding carboxylic acids is 4. The number of para-hydroxylation sites is 2. The Labute approximate surface area is 461 Å². The molecule has 1 atom stereocenters. The molecule has 0 spiro atoms. The fourth-order valence-electron chi connectivity index (χ4n) is 8.67. The van der Waals surface area contributed by atoms with Crippen LogP contribution in [-0.4, -0.2) is 86.4 Å². The molecule has 0 saturated heterocycles. The molecule has 1 unspecified atom stereocenters. The summed E-state index contributed by atoms with van der Waals surface area (Å²) in [6.45, 7) is 4.59. The van der Waals surface area contributed by atoms with Gasteiger partial charge < -0.3 is 31.5 Å². The zero-order valence-corrected chi connectivity index (χ0v) is 44.5. The number of aromatic nitrogens is 4. The van der Waals surface area contributed by atoms with Crippen LogP contribution in [0.2, 0.25) is 0 Å². The molecule has 0 aliphatic carbocycles. The average molecular weight is 1130 g/mol. The molecule has 4 heterocycles. The van der Waals surface area contributed by atoms with Crippen LogP contribution in [0.1, 0.15) is 43.0 Å². The molecule has 17 nitrogen and oxygen atoms in total. The van der Waals surface area contributed by atoms with Crippen molar-refractivity contribution in [3.63, 3.8) is 0 Å². The number of likely N-dealkylation sites (N-methyl/N-ethyl adjacent to an activating group) is 1. The summed E-state index contributed by atoms with van der Waals surface area (Å²) in [6.07, 6.45) is 1.34. The Balaban J connectivity index is 0.000000196. The number of nitrogens with one attached hydrogen (secondary N) is 5. The summed E-state index contributed by atoms with van der Waals surface area (Å²) in [5, 5.41) is 13.6. The Kier molecular flexibility index (Phi) is 16.5. The van der Waals surface area contributed by atoms with Crippen molar-refractivity contribution in [1.29, 1.82) is 0 Å². The van der Waals surface area contributed by atoms with Crippen molar-refractivity contribution in [2.75, 3.05) is 59.2 Å². The maximum absolute atomic E-state index is 14.9. The number of fused-ring (bicyclic) bond motifs is 2. The number of amides is 6. The molecule has 6 amide bonds. The molecular weight excluding hydrogens is 1080 g/mol. The van der Waals surface area contributed by atoms with Crippen molar-refractivity contribution < 1.29 is 49.7 Å². The van der Waals surface area contributed by atoms with Gasteiger partial charge in [-0.25, -0.2) is 60.7 Å². The van der Waals surface area contributed by atoms with Crippen molar-refractivity contribution in [1.82, 2.24) is 35.5 Å². The maximum atomic E-state index is 14.9. The monoisotopic (exact) mass is 1130 g/mol. The van der Waals surface area contributed by atoms with Gasteiger partial charge in [-0.3, -0.25) is 13.8 Å². The van der Waals surface area contributed by atoms with Gasteiger partial charge in [0.05, 0.1) is 35.3 Å². The maximum Gasteiger partial charge on any atom is 0.328 e. The largest absolute Gasteiger partial charge is 0.353 e. The predicted molar refractivity (Wildman–Crippen MR) is 294 cm³/mol. The standard InChI is InChI=1S/C30H28F3N7O2.C27H20F3N5O3S/c1-17-7-8-18(28(41)36-20-11-9-19(31)10-12-20)15-21(17)25-22-16-35-30(42)40(26-23(32)5-4-6-24(26)33)27(22)38-29(37-25)34-13-14-39(2)3;1-14-6-7-15(25(36)32-17-10-8-16(28)9-11-17)12-18(14)22-19-13-31-27(37)35(23-20(29)4-3-5-21(23)30)24(19)34-26(33-22)39(2)38/h4-12,15H,13-14,16H2,1-3H3,(H,35,42)(H,36,41)(H,34,37,38);3-12H,13H2,1-2H3,(H,31,37)(H,32,36). The highest BCUT2D eigenvalue weighted by Gasteiger charge is 2.36. The topological polar surface area (TPSA) is 207 Å². The number of rotatable bonds is 13. The lowest BCUT2D eigenvalue weighted by molar-refractivity contribution is 0.101. The summed E-state index contributed by atoms with van der Waals surface area (Å²) in [5.74, 6) is -5.60. The first-order valence-electron chi connectivity index (χ1n) is 24.7. The SMILES string of the molecule is Cc1ccc(C(=O)Nc2ccc(F)cc2)cc1-c1nc(NCCN(C)C)nc2c1CNC(=O)N2c1c(F)cccc1F.Cc1ccc(C(=O)Nc2ccc(F)cc2)cc1-c1nc(S(C)=O)nc2c1CNC(=O)N2c1c(F)cccc1F. The lowest BCUT2D eigenvalue weighted by atomic mass is 9.97. The van der Waals surface area contributed by atoms with Gasteiger partial charge in [0.1, 0.15) is 46.3 Å². The van der Waals surface area contributed by atoms with E-state index in [0.29, 0.717) is 63.5 Å². The third kappa shape index (κ3) is 12.2. The second-order valence-corrected chi connectivity index (χ2v) is 19.9. The van der Waals surface area contributed by atoms with E-state index in [1.165, 1.54) is 66.9 Å². The van der Waals surface area contributed by atoms with E-state index in [9.17, 15) is 49.7 Å². The molecular formula is C57H48F6N12O5S. The van der Waals surface area contributed by atoms with Crippen LogP contribution >= 0.6 is 0 Å². The van der Waals surface area contributed by atoms with Gasteiger partial charge in [-0.2, -0.15) is 4.98 Å². The zero-order chi connectivity index (χ0) is 57.8. The van der Waals surface area contributed by atoms with E-state index >= 15 is 0 Å². The minimum atomic E-state index is -1.73. The van der Waals surface area contributed by atoms with Crippen LogP contribution in [-0.2, 0) is 23.9 Å². The Morgan fingerprint density at radius 1 is 0.593 bits per heavy atom. The summed E-state index contributed by atoms with van der Waals surface area (Å²) >= 11 is 0. The number of hydrogen-bond acceptors (Lipinski definition) is 11. The summed E-state index contributed by atoms with van der Waals surface area (Å²) in [5.41, 5.74) is 3.92. The molecule has 0 saturated carbocycles. The molecule has 2 aliphatic heterocycles. The number of nitrogens with zero attached hydrogens (tertiary/aromatic N) is 7. The van der Waals surface area contributed by atoms with Gasteiger partial charge in [0.25, 0.3) is 11.8 Å². The predicted octanol–water partition coefficient (Wildman–Crippen LogP) is 10.7.